The zero-order valence-electron chi connectivity index (χ0n) is 10.2. The molecule has 0 bridgehead atoms. The number of aryl methyl sites for hydroxylation is 1. The second kappa shape index (κ2) is 4.49. The van der Waals surface area contributed by atoms with Gasteiger partial charge in [0.15, 0.2) is 0 Å². The number of hydrogen-bond acceptors (Lipinski definition) is 0. The first-order chi connectivity index (χ1) is 8.29. The van der Waals surface area contributed by atoms with Gasteiger partial charge in [-0.1, -0.05) is 37.5 Å². The van der Waals surface area contributed by atoms with Crippen LogP contribution in [0.4, 0.5) is 0 Å². The van der Waals surface area contributed by atoms with Crippen molar-refractivity contribution >= 4 is 26.8 Å². The maximum atomic E-state index is 3.82. The second-order valence-electron chi connectivity index (χ2n) is 5.11. The molecule has 0 N–H and O–H groups in total. The van der Waals surface area contributed by atoms with E-state index in [1.165, 1.54) is 53.2 Å². The van der Waals surface area contributed by atoms with E-state index in [2.05, 4.69) is 51.8 Å². The maximum Gasteiger partial charge on any atom is 0.0491 e. The van der Waals surface area contributed by atoms with Crippen molar-refractivity contribution in [3.05, 3.63) is 34.4 Å². The van der Waals surface area contributed by atoms with Crippen LogP contribution in [0.1, 0.15) is 43.7 Å². The van der Waals surface area contributed by atoms with Gasteiger partial charge in [-0.05, 0) is 34.8 Å². The highest BCUT2D eigenvalue weighted by Crippen LogP contribution is 2.40. The van der Waals surface area contributed by atoms with E-state index in [4.69, 9.17) is 0 Å². The van der Waals surface area contributed by atoms with Gasteiger partial charge < -0.3 is 4.57 Å². The van der Waals surface area contributed by atoms with Crippen molar-refractivity contribution in [2.45, 2.75) is 38.0 Å². The van der Waals surface area contributed by atoms with Gasteiger partial charge in [0, 0.05) is 34.0 Å². The SMILES string of the molecule is Cn1c(C2CCCCC2)c(Br)c2ccccc21. The van der Waals surface area contributed by atoms with Crippen molar-refractivity contribution in [1.29, 1.82) is 0 Å². The molecule has 1 saturated carbocycles. The van der Waals surface area contributed by atoms with Gasteiger partial charge in [-0.25, -0.2) is 0 Å². The average molecular weight is 292 g/mol. The molecule has 17 heavy (non-hydrogen) atoms. The number of halogens is 1. The van der Waals surface area contributed by atoms with Crippen LogP contribution in [0, 0.1) is 0 Å². The Kier molecular flexibility index (Phi) is 2.99. The Labute approximate surface area is 111 Å². The fourth-order valence-electron chi connectivity index (χ4n) is 3.20. The maximum absolute atomic E-state index is 3.82. The van der Waals surface area contributed by atoms with E-state index >= 15 is 0 Å². The Morgan fingerprint density at radius 3 is 2.53 bits per heavy atom. The van der Waals surface area contributed by atoms with Crippen LogP contribution in [0.3, 0.4) is 0 Å². The molecule has 1 aromatic heterocycles. The highest BCUT2D eigenvalue weighted by molar-refractivity contribution is 9.10. The highest BCUT2D eigenvalue weighted by Gasteiger charge is 2.23. The summed E-state index contributed by atoms with van der Waals surface area (Å²) in [5.41, 5.74) is 2.85. The molecule has 0 aliphatic heterocycles. The van der Waals surface area contributed by atoms with Gasteiger partial charge in [-0.3, -0.25) is 0 Å². The first-order valence-corrected chi connectivity index (χ1v) is 7.31. The predicted molar refractivity (Wildman–Crippen MR) is 76.4 cm³/mol. The lowest BCUT2D eigenvalue weighted by molar-refractivity contribution is 0.429. The Balaban J connectivity index is 2.15. The smallest absolute Gasteiger partial charge is 0.0491 e. The first kappa shape index (κ1) is 11.3. The molecule has 0 saturated heterocycles. The van der Waals surface area contributed by atoms with Crippen molar-refractivity contribution in [2.24, 2.45) is 7.05 Å². The van der Waals surface area contributed by atoms with Crippen LogP contribution in [0.15, 0.2) is 28.7 Å². The van der Waals surface area contributed by atoms with Gasteiger partial charge in [0.2, 0.25) is 0 Å². The topological polar surface area (TPSA) is 4.93 Å². The molecule has 1 fully saturated rings. The molecule has 0 atom stereocenters. The van der Waals surface area contributed by atoms with E-state index in [0.717, 1.165) is 5.92 Å². The number of rotatable bonds is 1. The van der Waals surface area contributed by atoms with Crippen LogP contribution in [-0.2, 0) is 7.05 Å². The molecule has 2 aromatic rings. The minimum Gasteiger partial charge on any atom is -0.346 e. The van der Waals surface area contributed by atoms with Crippen molar-refractivity contribution < 1.29 is 0 Å². The molecule has 1 nitrogen and oxygen atoms in total. The van der Waals surface area contributed by atoms with Crippen LogP contribution >= 0.6 is 15.9 Å². The molecule has 1 heterocycles. The van der Waals surface area contributed by atoms with Crippen molar-refractivity contribution in [2.75, 3.05) is 0 Å². The molecule has 0 radical (unpaired) electrons. The van der Waals surface area contributed by atoms with E-state index in [0.29, 0.717) is 0 Å². The molecular weight excluding hydrogens is 274 g/mol. The third kappa shape index (κ3) is 1.83. The monoisotopic (exact) mass is 291 g/mol. The number of fused-ring (bicyclic) bond motifs is 1. The van der Waals surface area contributed by atoms with E-state index in [-0.39, 0.29) is 0 Å². The molecule has 1 aliphatic rings. The molecule has 1 aliphatic carbocycles. The summed E-state index contributed by atoms with van der Waals surface area (Å²) in [6.07, 6.45) is 6.89. The molecule has 0 spiro atoms. The van der Waals surface area contributed by atoms with Gasteiger partial charge in [-0.15, -0.1) is 0 Å². The van der Waals surface area contributed by atoms with E-state index in [1.54, 1.807) is 0 Å². The minimum absolute atomic E-state index is 0.746. The average Bonchev–Trinajstić information content (AvgIpc) is 2.64. The molecular formula is C15H18BrN. The largest absolute Gasteiger partial charge is 0.346 e. The third-order valence-electron chi connectivity index (χ3n) is 4.08. The lowest BCUT2D eigenvalue weighted by Crippen LogP contribution is -2.09. The fourth-order valence-corrected chi connectivity index (χ4v) is 4.12. The van der Waals surface area contributed by atoms with Crippen LogP contribution in [0.2, 0.25) is 0 Å². The fraction of sp³-hybridized carbons (Fsp3) is 0.467. The molecule has 0 unspecified atom stereocenters. The van der Waals surface area contributed by atoms with Crippen LogP contribution < -0.4 is 0 Å². The minimum atomic E-state index is 0.746. The van der Waals surface area contributed by atoms with Gasteiger partial charge in [0.05, 0.1) is 0 Å². The quantitative estimate of drug-likeness (QED) is 0.698. The lowest BCUT2D eigenvalue weighted by atomic mass is 9.87. The predicted octanol–water partition coefficient (Wildman–Crippen LogP) is 4.99. The number of aromatic nitrogens is 1. The third-order valence-corrected chi connectivity index (χ3v) is 4.91. The number of benzene rings is 1. The Morgan fingerprint density at radius 1 is 1.12 bits per heavy atom. The summed E-state index contributed by atoms with van der Waals surface area (Å²) in [5.74, 6) is 0.746. The normalized spacial score (nSPS) is 17.8. The second-order valence-corrected chi connectivity index (χ2v) is 5.90. The first-order valence-electron chi connectivity index (χ1n) is 6.52. The van der Waals surface area contributed by atoms with Crippen LogP contribution in [0.25, 0.3) is 10.9 Å². The molecule has 90 valence electrons. The summed E-state index contributed by atoms with van der Waals surface area (Å²) in [6.45, 7) is 0. The highest BCUT2D eigenvalue weighted by atomic mass is 79.9. The van der Waals surface area contributed by atoms with Gasteiger partial charge in [0.25, 0.3) is 0 Å². The Hall–Kier alpha value is -0.760. The molecule has 2 heteroatoms. The van der Waals surface area contributed by atoms with E-state index in [9.17, 15) is 0 Å². The van der Waals surface area contributed by atoms with E-state index < -0.39 is 0 Å². The number of hydrogen-bond donors (Lipinski definition) is 0. The van der Waals surface area contributed by atoms with Crippen LogP contribution in [-0.4, -0.2) is 4.57 Å². The number of nitrogens with zero attached hydrogens (tertiary/aromatic N) is 1. The summed E-state index contributed by atoms with van der Waals surface area (Å²) in [6, 6.07) is 8.68. The van der Waals surface area contributed by atoms with Crippen molar-refractivity contribution in [3.63, 3.8) is 0 Å². The summed E-state index contributed by atoms with van der Waals surface area (Å²) >= 11 is 3.82. The summed E-state index contributed by atoms with van der Waals surface area (Å²) in [7, 11) is 2.21. The summed E-state index contributed by atoms with van der Waals surface area (Å²) in [4.78, 5) is 0. The molecule has 1 aromatic carbocycles. The molecule has 3 rings (SSSR count). The van der Waals surface area contributed by atoms with Gasteiger partial charge >= 0.3 is 0 Å². The zero-order chi connectivity index (χ0) is 11.8. The Bertz CT molecular complexity index is 496. The standard InChI is InChI=1S/C15H18BrN/c1-17-13-10-6-5-9-12(13)14(16)15(17)11-7-3-2-4-8-11/h5-6,9-11H,2-4,7-8H2,1H3. The lowest BCUT2D eigenvalue weighted by Gasteiger charge is -2.23. The van der Waals surface area contributed by atoms with E-state index in [1.807, 2.05) is 0 Å². The van der Waals surface area contributed by atoms with Gasteiger partial charge in [0.1, 0.15) is 0 Å². The summed E-state index contributed by atoms with van der Waals surface area (Å²) in [5, 5.41) is 1.36. The van der Waals surface area contributed by atoms with Gasteiger partial charge in [-0.2, -0.15) is 0 Å². The van der Waals surface area contributed by atoms with Crippen LogP contribution in [0.5, 0.6) is 0 Å². The number of para-hydroxylation sites is 1. The summed E-state index contributed by atoms with van der Waals surface area (Å²) < 4.78 is 3.71. The molecule has 0 amide bonds. The van der Waals surface area contributed by atoms with Crippen molar-refractivity contribution in [1.82, 2.24) is 4.57 Å². The van der Waals surface area contributed by atoms with Crippen molar-refractivity contribution in [3.8, 4) is 0 Å². The zero-order valence-corrected chi connectivity index (χ0v) is 11.8. The Morgan fingerprint density at radius 2 is 1.82 bits per heavy atom.